The van der Waals surface area contributed by atoms with E-state index in [9.17, 15) is 13.2 Å². The number of aryl methyl sites for hydroxylation is 3. The minimum Gasteiger partial charge on any atom is -0.346 e. The molecule has 1 amide bonds. The zero-order valence-electron chi connectivity index (χ0n) is 19.4. The monoisotopic (exact) mass is 508 g/mol. The minimum absolute atomic E-state index is 0.0744. The van der Waals surface area contributed by atoms with Crippen LogP contribution in [0.3, 0.4) is 0 Å². The van der Waals surface area contributed by atoms with Gasteiger partial charge in [-0.15, -0.1) is 0 Å². The molecule has 2 N–H and O–H groups in total. The Morgan fingerprint density at radius 3 is 2.46 bits per heavy atom. The van der Waals surface area contributed by atoms with Crippen LogP contribution < -0.4 is 14.9 Å². The van der Waals surface area contributed by atoms with Gasteiger partial charge in [-0.3, -0.25) is 9.52 Å². The van der Waals surface area contributed by atoms with E-state index in [2.05, 4.69) is 42.9 Å². The summed E-state index contributed by atoms with van der Waals surface area (Å²) in [6, 6.07) is 13.8. The molecule has 9 nitrogen and oxygen atoms in total. The molecule has 2 aromatic heterocycles. The summed E-state index contributed by atoms with van der Waals surface area (Å²) in [7, 11) is -3.82. The molecule has 0 unspecified atom stereocenters. The Labute approximate surface area is 207 Å². The molecule has 1 aliphatic heterocycles. The third-order valence-corrected chi connectivity index (χ3v) is 8.14. The topological polar surface area (TPSA) is 117 Å². The van der Waals surface area contributed by atoms with Crippen molar-refractivity contribution in [3.8, 4) is 0 Å². The van der Waals surface area contributed by atoms with Crippen LogP contribution in [0.15, 0.2) is 53.4 Å². The van der Waals surface area contributed by atoms with E-state index in [-0.39, 0.29) is 22.5 Å². The van der Waals surface area contributed by atoms with E-state index in [1.807, 2.05) is 12.1 Å². The number of aromatic nitrogens is 3. The highest BCUT2D eigenvalue weighted by molar-refractivity contribution is 7.92. The summed E-state index contributed by atoms with van der Waals surface area (Å²) in [4.78, 5) is 27.8. The zero-order chi connectivity index (χ0) is 24.7. The predicted octanol–water partition coefficient (Wildman–Crippen LogP) is 3.89. The van der Waals surface area contributed by atoms with Gasteiger partial charge >= 0.3 is 0 Å². The maximum atomic E-state index is 12.7. The number of nitrogens with one attached hydrogen (secondary N) is 2. The van der Waals surface area contributed by atoms with Crippen molar-refractivity contribution in [1.29, 1.82) is 0 Å². The van der Waals surface area contributed by atoms with Gasteiger partial charge in [0.2, 0.25) is 5.91 Å². The molecule has 0 saturated carbocycles. The molecule has 1 saturated heterocycles. The average Bonchev–Trinajstić information content (AvgIpc) is 3.14. The van der Waals surface area contributed by atoms with Crippen molar-refractivity contribution in [2.24, 2.45) is 5.92 Å². The van der Waals surface area contributed by atoms with Crippen LogP contribution in [0, 0.1) is 26.7 Å². The van der Waals surface area contributed by atoms with Crippen LogP contribution in [0.5, 0.6) is 0 Å². The van der Waals surface area contributed by atoms with Crippen LogP contribution >= 0.6 is 11.3 Å². The quantitative estimate of drug-likeness (QED) is 0.406. The number of thiazole rings is 1. The number of benzene rings is 2. The second-order valence-electron chi connectivity index (χ2n) is 8.63. The number of sulfonamides is 1. The summed E-state index contributed by atoms with van der Waals surface area (Å²) in [5.74, 6) is 0.440. The molecular formula is C24H24N6O3S2. The molecule has 1 fully saturated rings. The fraction of sp³-hybridized carbons (Fsp3) is 0.250. The van der Waals surface area contributed by atoms with Crippen molar-refractivity contribution in [3.63, 3.8) is 0 Å². The van der Waals surface area contributed by atoms with E-state index in [1.54, 1.807) is 43.4 Å². The SMILES string of the molecule is Cc1ccc2nc(N3CC(C(=O)Nc4ccc(S(=O)(=O)Nc5cc(C)nc(C)n5)cc4)C3)sc2c1. The smallest absolute Gasteiger partial charge is 0.263 e. The number of carbonyl (C=O) groups excluding carboxylic acids is 1. The first-order valence-electron chi connectivity index (χ1n) is 11.0. The van der Waals surface area contributed by atoms with Gasteiger partial charge in [0.1, 0.15) is 11.6 Å². The summed E-state index contributed by atoms with van der Waals surface area (Å²) in [5, 5.41) is 3.80. The van der Waals surface area contributed by atoms with Crippen molar-refractivity contribution in [3.05, 3.63) is 65.6 Å². The second-order valence-corrected chi connectivity index (χ2v) is 11.3. The Kier molecular flexibility index (Phi) is 5.89. The van der Waals surface area contributed by atoms with E-state index in [0.717, 1.165) is 15.3 Å². The highest BCUT2D eigenvalue weighted by atomic mass is 32.2. The average molecular weight is 509 g/mol. The number of hydrogen-bond acceptors (Lipinski definition) is 8. The van der Waals surface area contributed by atoms with Gasteiger partial charge in [-0.1, -0.05) is 17.4 Å². The van der Waals surface area contributed by atoms with Crippen LogP contribution in [0.2, 0.25) is 0 Å². The molecule has 5 rings (SSSR count). The Bertz CT molecular complexity index is 1510. The number of nitrogens with zero attached hydrogens (tertiary/aromatic N) is 4. The Hall–Kier alpha value is -3.57. The lowest BCUT2D eigenvalue weighted by molar-refractivity contribution is -0.120. The molecule has 180 valence electrons. The Balaban J connectivity index is 1.19. The summed E-state index contributed by atoms with van der Waals surface area (Å²) in [6.45, 7) is 6.72. The molecule has 0 aliphatic carbocycles. The molecular weight excluding hydrogens is 484 g/mol. The van der Waals surface area contributed by atoms with Gasteiger partial charge in [-0.25, -0.2) is 23.4 Å². The van der Waals surface area contributed by atoms with Crippen LogP contribution in [-0.2, 0) is 14.8 Å². The number of anilines is 3. The molecule has 11 heteroatoms. The third-order valence-electron chi connectivity index (χ3n) is 5.69. The first kappa shape index (κ1) is 23.2. The molecule has 3 heterocycles. The van der Waals surface area contributed by atoms with Crippen LogP contribution in [-0.4, -0.2) is 42.4 Å². The Morgan fingerprint density at radius 2 is 1.74 bits per heavy atom. The standard InChI is InChI=1S/C24H24N6O3S2/c1-14-4-9-20-21(10-14)34-24(28-20)30-12-17(13-30)23(31)27-18-5-7-19(8-6-18)35(32,33)29-22-11-15(2)25-16(3)26-22/h4-11,17H,12-13H2,1-3H3,(H,27,31)(H,25,26,29). The summed E-state index contributed by atoms with van der Waals surface area (Å²) in [5.41, 5.74) is 3.37. The number of amides is 1. The van der Waals surface area contributed by atoms with Gasteiger partial charge in [0, 0.05) is 30.5 Å². The molecule has 4 aromatic rings. The van der Waals surface area contributed by atoms with Gasteiger partial charge in [-0.2, -0.15) is 0 Å². The first-order valence-corrected chi connectivity index (χ1v) is 13.3. The van der Waals surface area contributed by atoms with Crippen molar-refractivity contribution in [2.45, 2.75) is 25.7 Å². The largest absolute Gasteiger partial charge is 0.346 e. The molecule has 0 bridgehead atoms. The summed E-state index contributed by atoms with van der Waals surface area (Å²) >= 11 is 1.63. The number of hydrogen-bond donors (Lipinski definition) is 2. The predicted molar refractivity (Wildman–Crippen MR) is 137 cm³/mol. The summed E-state index contributed by atoms with van der Waals surface area (Å²) < 4.78 is 29.0. The Morgan fingerprint density at radius 1 is 1.00 bits per heavy atom. The molecule has 2 aromatic carbocycles. The van der Waals surface area contributed by atoms with Crippen molar-refractivity contribution in [1.82, 2.24) is 15.0 Å². The fourth-order valence-electron chi connectivity index (χ4n) is 3.88. The lowest BCUT2D eigenvalue weighted by Gasteiger charge is -2.37. The maximum absolute atomic E-state index is 12.7. The fourth-order valence-corrected chi connectivity index (χ4v) is 5.96. The third kappa shape index (κ3) is 4.96. The van der Waals surface area contributed by atoms with Crippen LogP contribution in [0.1, 0.15) is 17.1 Å². The lowest BCUT2D eigenvalue weighted by Crippen LogP contribution is -2.52. The van der Waals surface area contributed by atoms with Gasteiger partial charge in [0.25, 0.3) is 10.0 Å². The van der Waals surface area contributed by atoms with Crippen molar-refractivity contribution >= 4 is 54.1 Å². The number of rotatable bonds is 6. The minimum atomic E-state index is -3.82. The normalized spacial score (nSPS) is 14.1. The molecule has 0 spiro atoms. The number of fused-ring (bicyclic) bond motifs is 1. The van der Waals surface area contributed by atoms with Gasteiger partial charge in [0.15, 0.2) is 5.13 Å². The van der Waals surface area contributed by atoms with Crippen molar-refractivity contribution < 1.29 is 13.2 Å². The van der Waals surface area contributed by atoms with Gasteiger partial charge in [0.05, 0.1) is 21.0 Å². The summed E-state index contributed by atoms with van der Waals surface area (Å²) in [6.07, 6.45) is 0. The molecule has 35 heavy (non-hydrogen) atoms. The second kappa shape index (κ2) is 8.90. The molecule has 0 atom stereocenters. The van der Waals surface area contributed by atoms with Gasteiger partial charge in [-0.05, 0) is 62.7 Å². The lowest BCUT2D eigenvalue weighted by atomic mass is 10.00. The molecule has 0 radical (unpaired) electrons. The van der Waals surface area contributed by atoms with E-state index in [0.29, 0.717) is 30.3 Å². The van der Waals surface area contributed by atoms with E-state index < -0.39 is 10.0 Å². The van der Waals surface area contributed by atoms with E-state index in [4.69, 9.17) is 0 Å². The van der Waals surface area contributed by atoms with Gasteiger partial charge < -0.3 is 10.2 Å². The van der Waals surface area contributed by atoms with Crippen LogP contribution in [0.4, 0.5) is 16.6 Å². The maximum Gasteiger partial charge on any atom is 0.263 e. The van der Waals surface area contributed by atoms with E-state index >= 15 is 0 Å². The van der Waals surface area contributed by atoms with E-state index in [1.165, 1.54) is 17.7 Å². The van der Waals surface area contributed by atoms with Crippen LogP contribution in [0.25, 0.3) is 10.2 Å². The highest BCUT2D eigenvalue weighted by Crippen LogP contribution is 2.33. The first-order chi connectivity index (χ1) is 16.7. The zero-order valence-corrected chi connectivity index (χ0v) is 21.1. The number of carbonyl (C=O) groups is 1. The van der Waals surface area contributed by atoms with Crippen molar-refractivity contribution in [2.75, 3.05) is 28.0 Å². The molecule has 1 aliphatic rings. The highest BCUT2D eigenvalue weighted by Gasteiger charge is 2.34.